The lowest BCUT2D eigenvalue weighted by molar-refractivity contribution is 0.119. The smallest absolute Gasteiger partial charge is 0.317 e. The number of aryl methyl sites for hydroxylation is 2. The van der Waals surface area contributed by atoms with Gasteiger partial charge in [0.25, 0.3) is 0 Å². The second-order valence-corrected chi connectivity index (χ2v) is 7.93. The topological polar surface area (TPSA) is 72.4 Å². The minimum atomic E-state index is -3.49. The predicted octanol–water partition coefficient (Wildman–Crippen LogP) is 2.33. The predicted molar refractivity (Wildman–Crippen MR) is 90.4 cm³/mol. The third-order valence-corrected chi connectivity index (χ3v) is 5.84. The summed E-state index contributed by atoms with van der Waals surface area (Å²) >= 11 is 0. The average molecular weight is 347 g/mol. The molecule has 0 bridgehead atoms. The number of sulfonamides is 1. The molecule has 1 aromatic carbocycles. The molecule has 0 amide bonds. The molecule has 1 aromatic heterocycles. The molecular weight excluding hydrogens is 326 g/mol. The van der Waals surface area contributed by atoms with Crippen molar-refractivity contribution in [1.82, 2.24) is 14.3 Å². The SMILES string of the molecule is Cc1cc(C)nc(O[C@H]2CCCN(S(=O)(=O)c3ccccc3)C2)n1. The van der Waals surface area contributed by atoms with Crippen molar-refractivity contribution in [3.8, 4) is 6.01 Å². The molecule has 0 radical (unpaired) electrons. The van der Waals surface area contributed by atoms with E-state index in [1.807, 2.05) is 19.9 Å². The first kappa shape index (κ1) is 16.9. The van der Waals surface area contributed by atoms with Gasteiger partial charge in [0.2, 0.25) is 10.0 Å². The van der Waals surface area contributed by atoms with E-state index < -0.39 is 10.0 Å². The number of benzene rings is 1. The summed E-state index contributed by atoms with van der Waals surface area (Å²) in [7, 11) is -3.49. The van der Waals surface area contributed by atoms with Crippen LogP contribution in [-0.2, 0) is 10.0 Å². The van der Waals surface area contributed by atoms with Crippen LogP contribution in [0.4, 0.5) is 0 Å². The zero-order chi connectivity index (χ0) is 17.2. The number of ether oxygens (including phenoxy) is 1. The fourth-order valence-electron chi connectivity index (χ4n) is 2.86. The fraction of sp³-hybridized carbons (Fsp3) is 0.412. The molecule has 2 heterocycles. The van der Waals surface area contributed by atoms with Gasteiger partial charge < -0.3 is 4.74 Å². The van der Waals surface area contributed by atoms with Crippen LogP contribution in [0, 0.1) is 13.8 Å². The Hall–Kier alpha value is -1.99. The van der Waals surface area contributed by atoms with E-state index in [9.17, 15) is 8.42 Å². The van der Waals surface area contributed by atoms with Gasteiger partial charge in [-0.2, -0.15) is 4.31 Å². The first-order valence-electron chi connectivity index (χ1n) is 7.99. The van der Waals surface area contributed by atoms with Crippen LogP contribution in [0.3, 0.4) is 0 Å². The number of aromatic nitrogens is 2. The van der Waals surface area contributed by atoms with Crippen molar-refractivity contribution in [2.45, 2.75) is 37.7 Å². The Kier molecular flexibility index (Phi) is 4.82. The summed E-state index contributed by atoms with van der Waals surface area (Å²) in [6.07, 6.45) is 1.30. The molecule has 7 heteroatoms. The molecule has 128 valence electrons. The minimum absolute atomic E-state index is 0.238. The highest BCUT2D eigenvalue weighted by Gasteiger charge is 2.31. The minimum Gasteiger partial charge on any atom is -0.459 e. The Balaban J connectivity index is 1.75. The lowest BCUT2D eigenvalue weighted by Crippen LogP contribution is -2.44. The summed E-state index contributed by atoms with van der Waals surface area (Å²) in [4.78, 5) is 8.86. The molecule has 1 saturated heterocycles. The highest BCUT2D eigenvalue weighted by atomic mass is 32.2. The van der Waals surface area contributed by atoms with E-state index in [-0.39, 0.29) is 6.10 Å². The molecule has 1 aliphatic rings. The molecule has 0 saturated carbocycles. The molecule has 24 heavy (non-hydrogen) atoms. The summed E-state index contributed by atoms with van der Waals surface area (Å²) in [6, 6.07) is 10.7. The number of hydrogen-bond donors (Lipinski definition) is 0. The van der Waals surface area contributed by atoms with Gasteiger partial charge >= 0.3 is 6.01 Å². The molecule has 0 unspecified atom stereocenters. The highest BCUT2D eigenvalue weighted by Crippen LogP contribution is 2.22. The Morgan fingerprint density at radius 3 is 2.46 bits per heavy atom. The molecule has 2 aromatic rings. The van der Waals surface area contributed by atoms with Gasteiger partial charge in [-0.1, -0.05) is 18.2 Å². The van der Waals surface area contributed by atoms with Gasteiger partial charge in [-0.25, -0.2) is 18.4 Å². The highest BCUT2D eigenvalue weighted by molar-refractivity contribution is 7.89. The summed E-state index contributed by atoms with van der Waals surface area (Å²) in [5, 5.41) is 0. The standard InChI is InChI=1S/C17H21N3O3S/c1-13-11-14(2)19-17(18-13)23-15-7-6-10-20(12-15)24(21,22)16-8-4-3-5-9-16/h3-5,8-9,11,15H,6-7,10,12H2,1-2H3/t15-/m0/s1. The van der Waals surface area contributed by atoms with Crippen LogP contribution < -0.4 is 4.74 Å². The first-order valence-corrected chi connectivity index (χ1v) is 9.43. The van der Waals surface area contributed by atoms with Gasteiger partial charge in [-0.15, -0.1) is 0 Å². The zero-order valence-electron chi connectivity index (χ0n) is 13.8. The Labute approximate surface area is 142 Å². The largest absolute Gasteiger partial charge is 0.459 e. The van der Waals surface area contributed by atoms with Crippen LogP contribution in [0.1, 0.15) is 24.2 Å². The Morgan fingerprint density at radius 1 is 1.12 bits per heavy atom. The van der Waals surface area contributed by atoms with E-state index in [4.69, 9.17) is 4.74 Å². The van der Waals surface area contributed by atoms with Gasteiger partial charge in [0.15, 0.2) is 0 Å². The van der Waals surface area contributed by atoms with E-state index >= 15 is 0 Å². The number of nitrogens with zero attached hydrogens (tertiary/aromatic N) is 3. The van der Waals surface area contributed by atoms with Gasteiger partial charge in [-0.3, -0.25) is 0 Å². The lowest BCUT2D eigenvalue weighted by Gasteiger charge is -2.31. The third kappa shape index (κ3) is 3.73. The Bertz CT molecular complexity index is 789. The lowest BCUT2D eigenvalue weighted by atomic mass is 10.1. The van der Waals surface area contributed by atoms with Gasteiger partial charge in [-0.05, 0) is 44.9 Å². The van der Waals surface area contributed by atoms with E-state index in [0.29, 0.717) is 24.0 Å². The first-order chi connectivity index (χ1) is 11.4. The zero-order valence-corrected chi connectivity index (χ0v) is 14.7. The van der Waals surface area contributed by atoms with Gasteiger partial charge in [0.05, 0.1) is 11.4 Å². The molecule has 0 N–H and O–H groups in total. The summed E-state index contributed by atoms with van der Waals surface area (Å²) < 4.78 is 32.8. The maximum absolute atomic E-state index is 12.7. The van der Waals surface area contributed by atoms with Gasteiger partial charge in [0, 0.05) is 17.9 Å². The maximum atomic E-state index is 12.7. The van der Waals surface area contributed by atoms with Crippen molar-refractivity contribution in [2.24, 2.45) is 0 Å². The molecular formula is C17H21N3O3S. The van der Waals surface area contributed by atoms with Crippen molar-refractivity contribution >= 4 is 10.0 Å². The molecule has 0 spiro atoms. The normalized spacial score (nSPS) is 19.2. The van der Waals surface area contributed by atoms with Crippen LogP contribution >= 0.6 is 0 Å². The van der Waals surface area contributed by atoms with Crippen molar-refractivity contribution in [2.75, 3.05) is 13.1 Å². The molecule has 1 aliphatic heterocycles. The fourth-order valence-corrected chi connectivity index (χ4v) is 4.39. The number of rotatable bonds is 4. The maximum Gasteiger partial charge on any atom is 0.317 e. The van der Waals surface area contributed by atoms with Crippen molar-refractivity contribution < 1.29 is 13.2 Å². The second kappa shape index (κ2) is 6.86. The molecule has 3 rings (SSSR count). The number of piperidine rings is 1. The monoisotopic (exact) mass is 347 g/mol. The van der Waals surface area contributed by atoms with Gasteiger partial charge in [0.1, 0.15) is 6.10 Å². The molecule has 6 nitrogen and oxygen atoms in total. The van der Waals surface area contributed by atoms with E-state index in [2.05, 4.69) is 9.97 Å². The molecule has 1 fully saturated rings. The quantitative estimate of drug-likeness (QED) is 0.849. The van der Waals surface area contributed by atoms with Crippen LogP contribution in [0.25, 0.3) is 0 Å². The van der Waals surface area contributed by atoms with Crippen molar-refractivity contribution in [3.05, 3.63) is 47.8 Å². The number of hydrogen-bond acceptors (Lipinski definition) is 5. The van der Waals surface area contributed by atoms with Crippen LogP contribution in [0.5, 0.6) is 6.01 Å². The van der Waals surface area contributed by atoms with Crippen LogP contribution in [0.15, 0.2) is 41.3 Å². The summed E-state index contributed by atoms with van der Waals surface area (Å²) in [5.74, 6) is 0. The van der Waals surface area contributed by atoms with Crippen LogP contribution in [-0.4, -0.2) is 41.9 Å². The molecule has 1 atom stereocenters. The average Bonchev–Trinajstić information content (AvgIpc) is 2.55. The summed E-state index contributed by atoms with van der Waals surface area (Å²) in [6.45, 7) is 4.58. The van der Waals surface area contributed by atoms with E-state index in [0.717, 1.165) is 24.2 Å². The van der Waals surface area contributed by atoms with Crippen LogP contribution in [0.2, 0.25) is 0 Å². The van der Waals surface area contributed by atoms with E-state index in [1.165, 1.54) is 4.31 Å². The van der Waals surface area contributed by atoms with E-state index in [1.54, 1.807) is 30.3 Å². The molecule has 0 aliphatic carbocycles. The third-order valence-electron chi connectivity index (χ3n) is 3.96. The van der Waals surface area contributed by atoms with Crippen molar-refractivity contribution in [3.63, 3.8) is 0 Å². The summed E-state index contributed by atoms with van der Waals surface area (Å²) in [5.41, 5.74) is 1.67. The second-order valence-electron chi connectivity index (χ2n) is 5.99. The van der Waals surface area contributed by atoms with Crippen molar-refractivity contribution in [1.29, 1.82) is 0 Å². The Morgan fingerprint density at radius 2 is 1.79 bits per heavy atom.